The summed E-state index contributed by atoms with van der Waals surface area (Å²) >= 11 is 0. The Morgan fingerprint density at radius 1 is 1.15 bits per heavy atom. The van der Waals surface area contributed by atoms with Gasteiger partial charge in [0.2, 0.25) is 0 Å². The molecule has 2 aromatic rings. The van der Waals surface area contributed by atoms with Gasteiger partial charge in [0, 0.05) is 19.8 Å². The van der Waals surface area contributed by atoms with E-state index in [1.54, 1.807) is 19.2 Å². The van der Waals surface area contributed by atoms with Crippen molar-refractivity contribution in [1.29, 1.82) is 0 Å². The van der Waals surface area contributed by atoms with Crippen LogP contribution in [0, 0.1) is 0 Å². The third kappa shape index (κ3) is 5.78. The summed E-state index contributed by atoms with van der Waals surface area (Å²) in [4.78, 5) is 28.7. The van der Waals surface area contributed by atoms with Gasteiger partial charge < -0.3 is 14.7 Å². The van der Waals surface area contributed by atoms with Crippen LogP contribution in [0.15, 0.2) is 47.4 Å². The first-order valence-corrected chi connectivity index (χ1v) is 9.96. The molecule has 1 aromatic heterocycles. The maximum atomic E-state index is 12.3. The molecule has 0 spiro atoms. The predicted octanol–water partition coefficient (Wildman–Crippen LogP) is 1.72. The van der Waals surface area contributed by atoms with Gasteiger partial charge in [0.05, 0.1) is 11.5 Å². The zero-order valence-electron chi connectivity index (χ0n) is 15.0. The van der Waals surface area contributed by atoms with Crippen molar-refractivity contribution in [3.05, 3.63) is 53.9 Å². The van der Waals surface area contributed by atoms with Crippen LogP contribution in [0.25, 0.3) is 0 Å². The molecule has 0 unspecified atom stereocenters. The zero-order valence-corrected chi connectivity index (χ0v) is 15.8. The van der Waals surface area contributed by atoms with Gasteiger partial charge in [0.1, 0.15) is 17.1 Å². The first-order chi connectivity index (χ1) is 12.7. The Hall–Kier alpha value is -2.94. The van der Waals surface area contributed by atoms with Gasteiger partial charge in [-0.05, 0) is 36.8 Å². The van der Waals surface area contributed by atoms with Gasteiger partial charge in [-0.1, -0.05) is 12.1 Å². The number of sulfone groups is 1. The number of carbonyl (C=O) groups is 2. The van der Waals surface area contributed by atoms with Crippen molar-refractivity contribution >= 4 is 21.7 Å². The fourth-order valence-electron chi connectivity index (χ4n) is 2.26. The summed E-state index contributed by atoms with van der Waals surface area (Å²) in [6.45, 7) is 0.650. The molecule has 0 saturated heterocycles. The van der Waals surface area contributed by atoms with E-state index in [-0.39, 0.29) is 22.9 Å². The Labute approximate surface area is 157 Å². The number of pyridine rings is 1. The van der Waals surface area contributed by atoms with E-state index in [0.717, 1.165) is 6.26 Å². The minimum absolute atomic E-state index is 0.0548. The number of nitrogens with zero attached hydrogens (tertiary/aromatic N) is 2. The van der Waals surface area contributed by atoms with E-state index in [4.69, 9.17) is 9.84 Å². The average molecular weight is 392 g/mol. The molecule has 1 amide bonds. The minimum atomic E-state index is -3.30. The molecule has 1 aromatic carbocycles. The maximum absolute atomic E-state index is 12.3. The quantitative estimate of drug-likeness (QED) is 0.680. The molecule has 0 atom stereocenters. The van der Waals surface area contributed by atoms with Crippen molar-refractivity contribution in [2.45, 2.75) is 11.3 Å². The van der Waals surface area contributed by atoms with Crippen LogP contribution in [0.5, 0.6) is 5.75 Å². The molecule has 1 N–H and O–H groups in total. The highest BCUT2D eigenvalue weighted by atomic mass is 32.2. The van der Waals surface area contributed by atoms with Crippen LogP contribution in [0.2, 0.25) is 0 Å². The summed E-state index contributed by atoms with van der Waals surface area (Å²) in [6, 6.07) is 10.4. The molecule has 8 nitrogen and oxygen atoms in total. The smallest absolute Gasteiger partial charge is 0.354 e. The molecule has 144 valence electrons. The largest absolute Gasteiger partial charge is 0.493 e. The number of rotatable bonds is 8. The van der Waals surface area contributed by atoms with Crippen LogP contribution >= 0.6 is 0 Å². The fourth-order valence-corrected chi connectivity index (χ4v) is 2.91. The van der Waals surface area contributed by atoms with Gasteiger partial charge in [0.15, 0.2) is 9.84 Å². The van der Waals surface area contributed by atoms with Gasteiger partial charge in [-0.15, -0.1) is 0 Å². The highest BCUT2D eigenvalue weighted by Crippen LogP contribution is 2.17. The molecule has 0 fully saturated rings. The van der Waals surface area contributed by atoms with Gasteiger partial charge in [-0.25, -0.2) is 18.2 Å². The van der Waals surface area contributed by atoms with Crippen molar-refractivity contribution in [2.75, 3.05) is 26.5 Å². The first kappa shape index (κ1) is 20.4. The molecule has 0 radical (unpaired) electrons. The summed E-state index contributed by atoms with van der Waals surface area (Å²) < 4.78 is 28.6. The van der Waals surface area contributed by atoms with E-state index in [2.05, 4.69) is 4.98 Å². The van der Waals surface area contributed by atoms with Crippen LogP contribution in [0.1, 0.15) is 27.4 Å². The van der Waals surface area contributed by atoms with Crippen molar-refractivity contribution in [3.8, 4) is 5.75 Å². The number of ether oxygens (including phenoxy) is 1. The number of carbonyl (C=O) groups excluding carboxylic acids is 1. The zero-order chi connectivity index (χ0) is 20.0. The second-order valence-corrected chi connectivity index (χ2v) is 7.90. The Morgan fingerprint density at radius 2 is 1.81 bits per heavy atom. The maximum Gasteiger partial charge on any atom is 0.354 e. The second kappa shape index (κ2) is 8.63. The lowest BCUT2D eigenvalue weighted by Crippen LogP contribution is -2.29. The molecule has 0 aliphatic rings. The predicted molar refractivity (Wildman–Crippen MR) is 97.8 cm³/mol. The van der Waals surface area contributed by atoms with Crippen molar-refractivity contribution in [1.82, 2.24) is 9.88 Å². The number of carboxylic acids is 1. The Bertz CT molecular complexity index is 942. The monoisotopic (exact) mass is 392 g/mol. The van der Waals surface area contributed by atoms with Crippen LogP contribution in [-0.4, -0.2) is 61.7 Å². The number of carboxylic acid groups (broad SMARTS) is 1. The number of benzene rings is 1. The molecular formula is C18H20N2O6S. The summed E-state index contributed by atoms with van der Waals surface area (Å²) in [5.74, 6) is -1.16. The molecule has 0 bridgehead atoms. The van der Waals surface area contributed by atoms with Gasteiger partial charge in [-0.3, -0.25) is 4.79 Å². The molecule has 2 rings (SSSR count). The number of aromatic nitrogens is 1. The highest BCUT2D eigenvalue weighted by Gasteiger charge is 2.15. The molecule has 1 heterocycles. The lowest BCUT2D eigenvalue weighted by molar-refractivity contribution is 0.0690. The molecule has 9 heteroatoms. The van der Waals surface area contributed by atoms with Crippen LogP contribution in [0.3, 0.4) is 0 Å². The van der Waals surface area contributed by atoms with Crippen LogP contribution in [0.4, 0.5) is 0 Å². The van der Waals surface area contributed by atoms with E-state index in [1.165, 1.54) is 35.2 Å². The number of amides is 1. The second-order valence-electron chi connectivity index (χ2n) is 5.89. The third-order valence-corrected chi connectivity index (χ3v) is 4.78. The normalized spacial score (nSPS) is 11.0. The van der Waals surface area contributed by atoms with Crippen LogP contribution < -0.4 is 4.74 Å². The van der Waals surface area contributed by atoms with E-state index in [9.17, 15) is 18.0 Å². The Kier molecular flexibility index (Phi) is 6.51. The molecule has 0 aliphatic carbocycles. The van der Waals surface area contributed by atoms with E-state index >= 15 is 0 Å². The molecular weight excluding hydrogens is 372 g/mol. The van der Waals surface area contributed by atoms with Gasteiger partial charge in [0.25, 0.3) is 5.91 Å². The summed E-state index contributed by atoms with van der Waals surface area (Å²) in [6.07, 6.45) is 1.63. The highest BCUT2D eigenvalue weighted by molar-refractivity contribution is 7.90. The number of hydrogen-bond acceptors (Lipinski definition) is 6. The van der Waals surface area contributed by atoms with E-state index in [0.29, 0.717) is 18.7 Å². The third-order valence-electron chi connectivity index (χ3n) is 3.67. The fraction of sp³-hybridized carbons (Fsp3) is 0.278. The lowest BCUT2D eigenvalue weighted by atomic mass is 10.2. The number of aromatic carboxylic acids is 1. The summed E-state index contributed by atoms with van der Waals surface area (Å²) in [5.41, 5.74) is -0.137. The Balaban J connectivity index is 1.87. The minimum Gasteiger partial charge on any atom is -0.493 e. The van der Waals surface area contributed by atoms with Gasteiger partial charge in [-0.2, -0.15) is 0 Å². The Morgan fingerprint density at radius 3 is 2.48 bits per heavy atom. The molecule has 27 heavy (non-hydrogen) atoms. The SMILES string of the molecule is CN(CCCOc1cccc(S(C)(=O)=O)c1)C(=O)c1cccc(C(=O)O)n1. The standard InChI is InChI=1S/C18H20N2O6S/c1-20(17(21)15-8-4-9-16(19-15)18(22)23)10-5-11-26-13-6-3-7-14(12-13)27(2,24)25/h3-4,6-9,12H,5,10-11H2,1-2H3,(H,22,23). The lowest BCUT2D eigenvalue weighted by Gasteiger charge is -2.17. The topological polar surface area (TPSA) is 114 Å². The summed E-state index contributed by atoms with van der Waals surface area (Å²) in [7, 11) is -1.72. The van der Waals surface area contributed by atoms with Crippen molar-refractivity contribution < 1.29 is 27.9 Å². The van der Waals surface area contributed by atoms with Crippen molar-refractivity contribution in [3.63, 3.8) is 0 Å². The van der Waals surface area contributed by atoms with E-state index in [1.807, 2.05) is 0 Å². The van der Waals surface area contributed by atoms with Crippen LogP contribution in [-0.2, 0) is 9.84 Å². The molecule has 0 aliphatic heterocycles. The van der Waals surface area contributed by atoms with E-state index < -0.39 is 21.7 Å². The average Bonchev–Trinajstić information content (AvgIpc) is 2.64. The summed E-state index contributed by atoms with van der Waals surface area (Å²) in [5, 5.41) is 8.94. The van der Waals surface area contributed by atoms with Gasteiger partial charge >= 0.3 is 5.97 Å². The first-order valence-electron chi connectivity index (χ1n) is 8.07. The number of hydrogen-bond donors (Lipinski definition) is 1. The van der Waals surface area contributed by atoms with Crippen molar-refractivity contribution in [2.24, 2.45) is 0 Å². The molecule has 0 saturated carbocycles.